The standard InChI is InChI=1S/C30H30BN/c1-24-19-21-25(22-20-24)29-23-32(2,3)31(27-15-9-5-10-16-27,28-17-11-6-12-18-28)30(29)26-13-7-4-8-14-26/h4-22H,23H2,1-3H3. The number of hydrogen-bond donors (Lipinski definition) is 0. The minimum absolute atomic E-state index is 0.890. The first-order valence-corrected chi connectivity index (χ1v) is 11.5. The van der Waals surface area contributed by atoms with Crippen LogP contribution in [0.3, 0.4) is 0 Å². The monoisotopic (exact) mass is 415 g/mol. The fraction of sp³-hybridized carbons (Fsp3) is 0.133. The van der Waals surface area contributed by atoms with E-state index in [1.54, 1.807) is 0 Å². The summed E-state index contributed by atoms with van der Waals surface area (Å²) >= 11 is 0. The Kier molecular flexibility index (Phi) is 5.11. The van der Waals surface area contributed by atoms with Gasteiger partial charge in [0.15, 0.2) is 0 Å². The van der Waals surface area contributed by atoms with Gasteiger partial charge in [-0.2, -0.15) is 0 Å². The van der Waals surface area contributed by atoms with Crippen molar-refractivity contribution < 1.29 is 4.39 Å². The molecule has 1 aliphatic rings. The highest BCUT2D eigenvalue weighted by atomic mass is 15.3. The minimum atomic E-state index is -1.26. The molecule has 4 aromatic carbocycles. The summed E-state index contributed by atoms with van der Waals surface area (Å²) in [7, 11) is 4.81. The molecule has 0 aliphatic carbocycles. The van der Waals surface area contributed by atoms with Crippen molar-refractivity contribution >= 4 is 28.3 Å². The molecular weight excluding hydrogens is 385 g/mol. The van der Waals surface area contributed by atoms with Gasteiger partial charge in [-0.05, 0) is 18.1 Å². The van der Waals surface area contributed by atoms with Crippen molar-refractivity contribution in [3.63, 3.8) is 0 Å². The minimum Gasteiger partial charge on any atom is -0.505 e. The lowest BCUT2D eigenvalue weighted by molar-refractivity contribution is -0.774. The van der Waals surface area contributed by atoms with Crippen LogP contribution in [0.1, 0.15) is 16.7 Å². The second kappa shape index (κ2) is 7.96. The summed E-state index contributed by atoms with van der Waals surface area (Å²) in [5, 5.41) is 0. The molecular formula is C30H30BN. The SMILES string of the molecule is Cc1ccc(C2=C(c3ccccc3)[B-](c3ccccc3)(c3ccccc3)[N+](C)(C)C2)cc1. The normalized spacial score (nSPS) is 16.8. The maximum Gasteiger partial charge on any atom is 0.292 e. The van der Waals surface area contributed by atoms with Crippen molar-refractivity contribution in [2.75, 3.05) is 20.6 Å². The lowest BCUT2D eigenvalue weighted by atomic mass is 9.21. The maximum atomic E-state index is 2.41. The number of benzene rings is 4. The summed E-state index contributed by atoms with van der Waals surface area (Å²) in [5.74, 6) is 0. The van der Waals surface area contributed by atoms with E-state index in [9.17, 15) is 0 Å². The van der Waals surface area contributed by atoms with Crippen LogP contribution in [0.25, 0.3) is 11.0 Å². The molecule has 1 aliphatic heterocycles. The summed E-state index contributed by atoms with van der Waals surface area (Å²) in [6.45, 7) is 3.14. The molecule has 1 nitrogen and oxygen atoms in total. The van der Waals surface area contributed by atoms with E-state index >= 15 is 0 Å². The van der Waals surface area contributed by atoms with Crippen LogP contribution in [0.4, 0.5) is 0 Å². The van der Waals surface area contributed by atoms with Crippen LogP contribution >= 0.6 is 0 Å². The summed E-state index contributed by atoms with van der Waals surface area (Å²) in [6, 6.07) is 42.4. The van der Waals surface area contributed by atoms with Gasteiger partial charge in [0.05, 0.1) is 6.54 Å². The Labute approximate surface area is 192 Å². The number of rotatable bonds is 4. The predicted octanol–water partition coefficient (Wildman–Crippen LogP) is 5.29. The average molecular weight is 415 g/mol. The van der Waals surface area contributed by atoms with Gasteiger partial charge in [0, 0.05) is 14.1 Å². The van der Waals surface area contributed by atoms with Gasteiger partial charge in [-0.1, -0.05) is 126 Å². The third kappa shape index (κ3) is 3.14. The Balaban J connectivity index is 1.93. The zero-order valence-electron chi connectivity index (χ0n) is 19.2. The topological polar surface area (TPSA) is 0 Å². The highest BCUT2D eigenvalue weighted by Crippen LogP contribution is 2.44. The number of hydrogen-bond acceptors (Lipinski definition) is 0. The largest absolute Gasteiger partial charge is 0.505 e. The molecule has 5 rings (SSSR count). The molecule has 0 spiro atoms. The van der Waals surface area contributed by atoms with Gasteiger partial charge >= 0.3 is 0 Å². The van der Waals surface area contributed by atoms with Crippen LogP contribution < -0.4 is 10.9 Å². The Hall–Kier alpha value is -3.36. The van der Waals surface area contributed by atoms with Gasteiger partial charge < -0.3 is 4.39 Å². The lowest BCUT2D eigenvalue weighted by Gasteiger charge is -2.53. The van der Waals surface area contributed by atoms with E-state index in [0.29, 0.717) is 0 Å². The molecule has 0 saturated heterocycles. The summed E-state index contributed by atoms with van der Waals surface area (Å²) in [6.07, 6.45) is -1.26. The summed E-state index contributed by atoms with van der Waals surface area (Å²) in [5.41, 5.74) is 9.65. The second-order valence-corrected chi connectivity index (χ2v) is 9.70. The molecule has 0 atom stereocenters. The van der Waals surface area contributed by atoms with Gasteiger partial charge in [-0.25, -0.2) is 0 Å². The van der Waals surface area contributed by atoms with E-state index in [1.807, 2.05) is 0 Å². The van der Waals surface area contributed by atoms with E-state index < -0.39 is 6.28 Å². The van der Waals surface area contributed by atoms with E-state index in [2.05, 4.69) is 136 Å². The van der Waals surface area contributed by atoms with Crippen molar-refractivity contribution in [1.82, 2.24) is 0 Å². The number of likely N-dealkylation sites (N-methyl/N-ethyl adjacent to an activating group) is 1. The fourth-order valence-corrected chi connectivity index (χ4v) is 6.06. The first-order valence-electron chi connectivity index (χ1n) is 11.5. The van der Waals surface area contributed by atoms with Gasteiger partial charge in [0.2, 0.25) is 0 Å². The van der Waals surface area contributed by atoms with E-state index in [-0.39, 0.29) is 0 Å². The number of nitrogens with zero attached hydrogens (tertiary/aromatic N) is 1. The van der Waals surface area contributed by atoms with Crippen molar-refractivity contribution in [3.8, 4) is 0 Å². The van der Waals surface area contributed by atoms with Crippen LogP contribution in [0.5, 0.6) is 0 Å². The number of aryl methyl sites for hydroxylation is 1. The van der Waals surface area contributed by atoms with Crippen LogP contribution in [-0.4, -0.2) is 31.3 Å². The Morgan fingerprint density at radius 1 is 0.562 bits per heavy atom. The quantitative estimate of drug-likeness (QED) is 0.397. The van der Waals surface area contributed by atoms with Gasteiger partial charge in [-0.15, -0.1) is 16.4 Å². The van der Waals surface area contributed by atoms with Gasteiger partial charge in [0.1, 0.15) is 0 Å². The molecule has 0 saturated carbocycles. The molecule has 0 N–H and O–H groups in total. The average Bonchev–Trinajstić information content (AvgIpc) is 3.09. The molecule has 0 bridgehead atoms. The van der Waals surface area contributed by atoms with E-state index in [4.69, 9.17) is 0 Å². The Bertz CT molecular complexity index is 1200. The van der Waals surface area contributed by atoms with E-state index in [0.717, 1.165) is 10.9 Å². The first-order chi connectivity index (χ1) is 15.5. The van der Waals surface area contributed by atoms with Gasteiger partial charge in [-0.3, -0.25) is 0 Å². The van der Waals surface area contributed by atoms with Crippen molar-refractivity contribution in [2.45, 2.75) is 6.92 Å². The molecule has 0 unspecified atom stereocenters. The zero-order chi connectivity index (χ0) is 22.2. The molecule has 4 aromatic rings. The molecule has 0 aromatic heterocycles. The summed E-state index contributed by atoms with van der Waals surface area (Å²) in [4.78, 5) is 0. The molecule has 2 heteroatoms. The molecule has 0 fully saturated rings. The predicted molar refractivity (Wildman–Crippen MR) is 139 cm³/mol. The smallest absolute Gasteiger partial charge is 0.292 e. The molecule has 0 amide bonds. The van der Waals surface area contributed by atoms with Crippen LogP contribution in [0.2, 0.25) is 0 Å². The third-order valence-electron chi connectivity index (χ3n) is 7.41. The van der Waals surface area contributed by atoms with Crippen LogP contribution in [0, 0.1) is 6.92 Å². The lowest BCUT2D eigenvalue weighted by Crippen LogP contribution is -2.75. The Morgan fingerprint density at radius 3 is 1.53 bits per heavy atom. The highest BCUT2D eigenvalue weighted by Gasteiger charge is 2.53. The molecule has 32 heavy (non-hydrogen) atoms. The maximum absolute atomic E-state index is 2.41. The second-order valence-electron chi connectivity index (χ2n) is 9.70. The zero-order valence-corrected chi connectivity index (χ0v) is 19.2. The first kappa shape index (κ1) is 20.5. The highest BCUT2D eigenvalue weighted by molar-refractivity contribution is 7.11. The van der Waals surface area contributed by atoms with E-state index in [1.165, 1.54) is 38.7 Å². The molecule has 1 heterocycles. The Morgan fingerprint density at radius 2 is 1.03 bits per heavy atom. The summed E-state index contributed by atoms with van der Waals surface area (Å²) < 4.78 is 0.890. The van der Waals surface area contributed by atoms with Gasteiger partial charge in [0.25, 0.3) is 6.28 Å². The molecule has 158 valence electrons. The van der Waals surface area contributed by atoms with Crippen LogP contribution in [-0.2, 0) is 0 Å². The van der Waals surface area contributed by atoms with Crippen molar-refractivity contribution in [2.24, 2.45) is 0 Å². The molecule has 0 radical (unpaired) electrons. The number of quaternary nitrogens is 1. The van der Waals surface area contributed by atoms with Crippen molar-refractivity contribution in [1.29, 1.82) is 0 Å². The third-order valence-corrected chi connectivity index (χ3v) is 7.41. The fourth-order valence-electron chi connectivity index (χ4n) is 6.06. The van der Waals surface area contributed by atoms with Crippen LogP contribution in [0.15, 0.2) is 115 Å². The van der Waals surface area contributed by atoms with Crippen molar-refractivity contribution in [3.05, 3.63) is 132 Å².